The third-order valence-corrected chi connectivity index (χ3v) is 6.16. The number of para-hydroxylation sites is 1. The number of fused-ring (bicyclic) bond motifs is 2. The van der Waals surface area contributed by atoms with Crippen molar-refractivity contribution < 1.29 is 0 Å². The van der Waals surface area contributed by atoms with Crippen molar-refractivity contribution in [2.75, 3.05) is 0 Å². The molecule has 0 radical (unpaired) electrons. The Morgan fingerprint density at radius 2 is 1.65 bits per heavy atom. The summed E-state index contributed by atoms with van der Waals surface area (Å²) in [7, 11) is 0. The van der Waals surface area contributed by atoms with E-state index in [-0.39, 0.29) is 0 Å². The lowest BCUT2D eigenvalue weighted by molar-refractivity contribution is 0.487. The number of rotatable bonds is 4. The topological polar surface area (TPSA) is 43.6 Å². The Morgan fingerprint density at radius 1 is 0.806 bits per heavy atom. The number of benzene rings is 2. The summed E-state index contributed by atoms with van der Waals surface area (Å²) in [5.41, 5.74) is 7.97. The molecule has 0 saturated heterocycles. The summed E-state index contributed by atoms with van der Waals surface area (Å²) < 4.78 is 2.21. The van der Waals surface area contributed by atoms with Gasteiger partial charge in [0.15, 0.2) is 0 Å². The first-order chi connectivity index (χ1) is 15.4. The van der Waals surface area contributed by atoms with E-state index in [1.165, 1.54) is 22.4 Å². The molecule has 0 aliphatic carbocycles. The normalized spacial score (nSPS) is 15.3. The van der Waals surface area contributed by atoms with Gasteiger partial charge in [0, 0.05) is 35.6 Å². The van der Waals surface area contributed by atoms with Gasteiger partial charge in [-0.3, -0.25) is 14.6 Å². The number of pyridine rings is 2. The predicted octanol–water partition coefficient (Wildman–Crippen LogP) is 5.58. The van der Waals surface area contributed by atoms with Gasteiger partial charge in [-0.05, 0) is 54.2 Å². The lowest BCUT2D eigenvalue weighted by Crippen LogP contribution is -2.07. The van der Waals surface area contributed by atoms with E-state index in [1.54, 1.807) is 0 Å². The molecule has 0 amide bonds. The van der Waals surface area contributed by atoms with Gasteiger partial charge >= 0.3 is 0 Å². The molecule has 1 aliphatic heterocycles. The second-order valence-corrected chi connectivity index (χ2v) is 8.20. The van der Waals surface area contributed by atoms with Crippen LogP contribution in [0.15, 0.2) is 91.3 Å². The minimum Gasteiger partial charge on any atom is -0.268 e. The number of aromatic nitrogens is 4. The van der Waals surface area contributed by atoms with Gasteiger partial charge in [0.05, 0.1) is 11.2 Å². The van der Waals surface area contributed by atoms with Crippen LogP contribution in [-0.2, 0) is 19.4 Å². The van der Waals surface area contributed by atoms with Crippen LogP contribution in [0, 0.1) is 5.92 Å². The van der Waals surface area contributed by atoms with Gasteiger partial charge in [0.25, 0.3) is 0 Å². The first kappa shape index (κ1) is 18.0. The number of hydrogen-bond acceptors (Lipinski definition) is 3. The molecule has 3 aromatic heterocycles. The van der Waals surface area contributed by atoms with Gasteiger partial charge in [0.1, 0.15) is 5.69 Å². The van der Waals surface area contributed by atoms with Crippen LogP contribution >= 0.6 is 0 Å². The summed E-state index contributed by atoms with van der Waals surface area (Å²) in [5, 5.41) is 6.23. The maximum absolute atomic E-state index is 5.07. The van der Waals surface area contributed by atoms with Crippen LogP contribution < -0.4 is 0 Å². The highest BCUT2D eigenvalue weighted by molar-refractivity contribution is 5.98. The molecule has 4 heteroatoms. The first-order valence-corrected chi connectivity index (χ1v) is 10.8. The summed E-state index contributed by atoms with van der Waals surface area (Å²) in [6, 6.07) is 27.2. The van der Waals surface area contributed by atoms with Crippen molar-refractivity contribution in [2.45, 2.75) is 19.4 Å². The zero-order chi connectivity index (χ0) is 20.6. The van der Waals surface area contributed by atoms with Crippen molar-refractivity contribution in [3.63, 3.8) is 0 Å². The van der Waals surface area contributed by atoms with Crippen molar-refractivity contribution in [3.05, 3.63) is 103 Å². The Balaban J connectivity index is 1.49. The molecule has 1 aliphatic rings. The zero-order valence-electron chi connectivity index (χ0n) is 17.1. The van der Waals surface area contributed by atoms with E-state index in [0.29, 0.717) is 5.92 Å². The molecule has 6 rings (SSSR count). The minimum atomic E-state index is 0.550. The number of hydrogen-bond donors (Lipinski definition) is 0. The smallest absolute Gasteiger partial charge is 0.119 e. The molecular weight excluding hydrogens is 380 g/mol. The van der Waals surface area contributed by atoms with Crippen LogP contribution in [0.5, 0.6) is 0 Å². The van der Waals surface area contributed by atoms with Crippen LogP contribution in [0.3, 0.4) is 0 Å². The van der Waals surface area contributed by atoms with Crippen LogP contribution in [0.25, 0.3) is 33.4 Å². The van der Waals surface area contributed by atoms with Crippen molar-refractivity contribution >= 4 is 10.9 Å². The fraction of sp³-hybridized carbons (Fsp3) is 0.148. The molecule has 1 atom stereocenters. The van der Waals surface area contributed by atoms with Crippen molar-refractivity contribution in [3.8, 4) is 22.5 Å². The molecule has 2 aromatic carbocycles. The molecule has 4 nitrogen and oxygen atoms in total. The van der Waals surface area contributed by atoms with E-state index in [2.05, 4.69) is 69.2 Å². The highest BCUT2D eigenvalue weighted by Gasteiger charge is 2.30. The molecule has 0 spiro atoms. The third-order valence-electron chi connectivity index (χ3n) is 6.16. The quantitative estimate of drug-likeness (QED) is 0.394. The van der Waals surface area contributed by atoms with E-state index >= 15 is 0 Å². The molecule has 5 aromatic rings. The molecule has 0 saturated carbocycles. The highest BCUT2D eigenvalue weighted by atomic mass is 15.3. The average Bonchev–Trinajstić information content (AvgIpc) is 3.37. The van der Waals surface area contributed by atoms with Gasteiger partial charge in [0.2, 0.25) is 0 Å². The Hall–Kier alpha value is -3.79. The monoisotopic (exact) mass is 402 g/mol. The van der Waals surface area contributed by atoms with Crippen molar-refractivity contribution in [2.24, 2.45) is 5.92 Å². The molecule has 0 N–H and O–H groups in total. The first-order valence-electron chi connectivity index (χ1n) is 10.8. The van der Waals surface area contributed by atoms with Gasteiger partial charge in [-0.15, -0.1) is 0 Å². The fourth-order valence-electron chi connectivity index (χ4n) is 4.80. The molecular formula is C27H22N4. The second-order valence-electron chi connectivity index (χ2n) is 8.20. The SMILES string of the molecule is c1ccc(CC2Cc3c(-c4ccnc5ccccc45)c(-c4ccccn4)nn3C2)cc1. The van der Waals surface area contributed by atoms with E-state index in [9.17, 15) is 0 Å². The van der Waals surface area contributed by atoms with Gasteiger partial charge in [-0.2, -0.15) is 5.10 Å². The number of nitrogens with zero attached hydrogens (tertiary/aromatic N) is 4. The van der Waals surface area contributed by atoms with Gasteiger partial charge in [-0.25, -0.2) is 0 Å². The lowest BCUT2D eigenvalue weighted by Gasteiger charge is -2.11. The van der Waals surface area contributed by atoms with E-state index in [1.807, 2.05) is 36.7 Å². The largest absolute Gasteiger partial charge is 0.268 e. The van der Waals surface area contributed by atoms with Crippen LogP contribution in [0.1, 0.15) is 11.3 Å². The highest BCUT2D eigenvalue weighted by Crippen LogP contribution is 2.41. The summed E-state index contributed by atoms with van der Waals surface area (Å²) in [6.45, 7) is 0.938. The fourth-order valence-corrected chi connectivity index (χ4v) is 4.80. The van der Waals surface area contributed by atoms with Crippen LogP contribution in [0.2, 0.25) is 0 Å². The van der Waals surface area contributed by atoms with Gasteiger partial charge in [-0.1, -0.05) is 54.6 Å². The molecule has 4 heterocycles. The Morgan fingerprint density at radius 3 is 2.52 bits per heavy atom. The summed E-state index contributed by atoms with van der Waals surface area (Å²) >= 11 is 0. The minimum absolute atomic E-state index is 0.550. The molecule has 150 valence electrons. The van der Waals surface area contributed by atoms with E-state index < -0.39 is 0 Å². The Kier molecular flexibility index (Phi) is 4.34. The van der Waals surface area contributed by atoms with E-state index in [4.69, 9.17) is 5.10 Å². The second kappa shape index (κ2) is 7.47. The molecule has 0 fully saturated rings. The molecule has 31 heavy (non-hydrogen) atoms. The summed E-state index contributed by atoms with van der Waals surface area (Å²) in [5.74, 6) is 0.550. The molecule has 1 unspecified atom stereocenters. The zero-order valence-corrected chi connectivity index (χ0v) is 17.1. The van der Waals surface area contributed by atoms with E-state index in [0.717, 1.165) is 41.7 Å². The maximum atomic E-state index is 5.07. The summed E-state index contributed by atoms with van der Waals surface area (Å²) in [6.07, 6.45) is 5.83. The van der Waals surface area contributed by atoms with Crippen LogP contribution in [0.4, 0.5) is 0 Å². The maximum Gasteiger partial charge on any atom is 0.119 e. The summed E-state index contributed by atoms with van der Waals surface area (Å²) in [4.78, 5) is 9.20. The van der Waals surface area contributed by atoms with Crippen molar-refractivity contribution in [1.82, 2.24) is 19.7 Å². The predicted molar refractivity (Wildman–Crippen MR) is 124 cm³/mol. The van der Waals surface area contributed by atoms with Crippen molar-refractivity contribution in [1.29, 1.82) is 0 Å². The average molecular weight is 403 g/mol. The standard InChI is InChI=1S/C27H22N4/c1-2-8-19(9-3-1)16-20-17-25-26(22-13-15-29-23-11-5-4-10-21(22)23)27(30-31(25)18-20)24-12-6-7-14-28-24/h1-15,20H,16-18H2. The Bertz CT molecular complexity index is 1350. The third kappa shape index (κ3) is 3.21. The van der Waals surface area contributed by atoms with Gasteiger partial charge < -0.3 is 0 Å². The lowest BCUT2D eigenvalue weighted by atomic mass is 9.92. The molecule has 0 bridgehead atoms. The van der Waals surface area contributed by atoms with Crippen LogP contribution in [-0.4, -0.2) is 19.7 Å². The Labute approximate surface area is 181 Å².